The summed E-state index contributed by atoms with van der Waals surface area (Å²) in [7, 11) is -7.89. The topological polar surface area (TPSA) is 151 Å². The number of unbranched alkanes of at least 4 members (excludes halogenated alkanes) is 1. The van der Waals surface area contributed by atoms with Crippen LogP contribution in [-0.2, 0) is 31.4 Å². The highest BCUT2D eigenvalue weighted by Crippen LogP contribution is 2.41. The minimum absolute atomic E-state index is 0.00164. The van der Waals surface area contributed by atoms with Crippen molar-refractivity contribution >= 4 is 43.3 Å². The van der Waals surface area contributed by atoms with Crippen LogP contribution >= 0.6 is 0 Å². The van der Waals surface area contributed by atoms with E-state index >= 15 is 0 Å². The number of carbonyl (C=O) groups is 1. The molecule has 11 nitrogen and oxygen atoms in total. The van der Waals surface area contributed by atoms with E-state index in [0.717, 1.165) is 44.4 Å². The number of carbonyl (C=O) groups excluding carboxylic acids is 1. The van der Waals surface area contributed by atoms with E-state index in [4.69, 9.17) is 9.52 Å². The number of nitrogens with one attached hydrogen (secondary N) is 2. The normalized spacial score (nSPS) is 16.5. The van der Waals surface area contributed by atoms with Gasteiger partial charge in [-0.3, -0.25) is 24.1 Å². The molecule has 44 heavy (non-hydrogen) atoms. The molecule has 0 radical (unpaired) electrons. The predicted octanol–water partition coefficient (Wildman–Crippen LogP) is 5.76. The van der Waals surface area contributed by atoms with Crippen LogP contribution in [0.3, 0.4) is 0 Å². The van der Waals surface area contributed by atoms with Gasteiger partial charge >= 0.3 is 0 Å². The highest BCUT2D eigenvalue weighted by atomic mass is 32.2. The molecule has 5 rings (SSSR count). The molecule has 0 bridgehead atoms. The van der Waals surface area contributed by atoms with Gasteiger partial charge in [-0.2, -0.15) is 0 Å². The maximum absolute atomic E-state index is 13.7. The van der Waals surface area contributed by atoms with Crippen LogP contribution in [0.4, 0.5) is 11.5 Å². The van der Waals surface area contributed by atoms with Crippen molar-refractivity contribution in [3.05, 3.63) is 59.4 Å². The molecule has 1 spiro atoms. The Kier molecular flexibility index (Phi) is 8.90. The maximum Gasteiger partial charge on any atom is 0.263 e. The molecule has 0 unspecified atom stereocenters. The second-order valence-corrected chi connectivity index (χ2v) is 15.1. The van der Waals surface area contributed by atoms with E-state index in [9.17, 15) is 21.6 Å². The van der Waals surface area contributed by atoms with Gasteiger partial charge in [0.05, 0.1) is 22.9 Å². The molecule has 1 aliphatic carbocycles. The molecular formula is C31H39N5O6S2. The van der Waals surface area contributed by atoms with Crippen LogP contribution in [0, 0.1) is 13.8 Å². The van der Waals surface area contributed by atoms with Crippen LogP contribution in [0.5, 0.6) is 0 Å². The van der Waals surface area contributed by atoms with Gasteiger partial charge in [0.15, 0.2) is 5.82 Å². The summed E-state index contributed by atoms with van der Waals surface area (Å²) < 4.78 is 63.1. The van der Waals surface area contributed by atoms with Crippen LogP contribution in [-0.4, -0.2) is 49.9 Å². The number of amides is 1. The molecule has 0 atom stereocenters. The zero-order valence-corrected chi connectivity index (χ0v) is 27.1. The number of aryl methyl sites for hydroxylation is 1. The first-order valence-electron chi connectivity index (χ1n) is 15.0. The van der Waals surface area contributed by atoms with Crippen LogP contribution < -0.4 is 9.44 Å². The van der Waals surface area contributed by atoms with Crippen molar-refractivity contribution in [1.82, 2.24) is 10.1 Å². The summed E-state index contributed by atoms with van der Waals surface area (Å²) in [5.41, 5.74) is 1.46. The smallest absolute Gasteiger partial charge is 0.263 e. The van der Waals surface area contributed by atoms with Gasteiger partial charge in [-0.15, -0.1) is 0 Å². The van der Waals surface area contributed by atoms with Gasteiger partial charge < -0.3 is 4.52 Å². The molecule has 2 aliphatic rings. The number of amidine groups is 1. The number of aromatic nitrogens is 1. The van der Waals surface area contributed by atoms with E-state index in [1.165, 1.54) is 13.0 Å². The van der Waals surface area contributed by atoms with Crippen molar-refractivity contribution in [1.29, 1.82) is 0 Å². The van der Waals surface area contributed by atoms with Gasteiger partial charge in [-0.05, 0) is 57.7 Å². The largest absolute Gasteiger partial charge is 0.359 e. The highest BCUT2D eigenvalue weighted by Gasteiger charge is 2.49. The average molecular weight is 642 g/mol. The summed E-state index contributed by atoms with van der Waals surface area (Å²) in [6.45, 7) is 7.24. The Morgan fingerprint density at radius 3 is 2.36 bits per heavy atom. The fourth-order valence-electron chi connectivity index (χ4n) is 5.75. The lowest BCUT2D eigenvalue weighted by Crippen LogP contribution is -2.40. The van der Waals surface area contributed by atoms with Gasteiger partial charge in [-0.25, -0.2) is 16.8 Å². The summed E-state index contributed by atoms with van der Waals surface area (Å²) in [4.78, 5) is 20.3. The Hall–Kier alpha value is -3.71. The first-order chi connectivity index (χ1) is 20.9. The van der Waals surface area contributed by atoms with Gasteiger partial charge in [-0.1, -0.05) is 61.7 Å². The minimum atomic E-state index is -4.15. The summed E-state index contributed by atoms with van der Waals surface area (Å²) in [6.07, 6.45) is 5.99. The number of anilines is 2. The molecule has 1 fully saturated rings. The molecule has 13 heteroatoms. The summed E-state index contributed by atoms with van der Waals surface area (Å²) in [5, 5.41) is 3.82. The van der Waals surface area contributed by atoms with Crippen molar-refractivity contribution in [2.24, 2.45) is 4.99 Å². The van der Waals surface area contributed by atoms with Crippen molar-refractivity contribution in [3.63, 3.8) is 0 Å². The zero-order chi connectivity index (χ0) is 31.7. The maximum atomic E-state index is 13.7. The summed E-state index contributed by atoms with van der Waals surface area (Å²) >= 11 is 0. The Bertz CT molecular complexity index is 1810. The van der Waals surface area contributed by atoms with Gasteiger partial charge in [0.25, 0.3) is 15.9 Å². The molecule has 3 aromatic rings. The van der Waals surface area contributed by atoms with E-state index in [0.29, 0.717) is 34.4 Å². The number of rotatable bonds is 12. The van der Waals surface area contributed by atoms with E-state index in [-0.39, 0.29) is 34.6 Å². The fourth-order valence-corrected chi connectivity index (χ4v) is 7.68. The Labute approximate surface area is 259 Å². The molecule has 2 aromatic carbocycles. The molecular weight excluding hydrogens is 603 g/mol. The third-order valence-corrected chi connectivity index (χ3v) is 11.1. The minimum Gasteiger partial charge on any atom is -0.359 e. The van der Waals surface area contributed by atoms with E-state index in [1.807, 2.05) is 0 Å². The third kappa shape index (κ3) is 6.25. The molecule has 1 amide bonds. The van der Waals surface area contributed by atoms with Crippen LogP contribution in [0.2, 0.25) is 0 Å². The molecule has 1 aliphatic heterocycles. The quantitative estimate of drug-likeness (QED) is 0.255. The SMILES string of the molecule is CCCCC1=NC2(CCCC2)C(=O)N1Cc1ccc(-c2ccccc2S(=O)(=O)Nc2noc(C)c2C)c(NS(=O)(=O)CC)c1. The van der Waals surface area contributed by atoms with Crippen LogP contribution in [0.1, 0.15) is 75.7 Å². The summed E-state index contributed by atoms with van der Waals surface area (Å²) in [6, 6.07) is 11.5. The number of hydrogen-bond donors (Lipinski definition) is 2. The first-order valence-corrected chi connectivity index (χ1v) is 18.1. The Morgan fingerprint density at radius 2 is 1.70 bits per heavy atom. The van der Waals surface area contributed by atoms with E-state index in [2.05, 4.69) is 21.5 Å². The lowest BCUT2D eigenvalue weighted by molar-refractivity contribution is -0.131. The van der Waals surface area contributed by atoms with E-state index < -0.39 is 25.6 Å². The number of benzene rings is 2. The number of nitrogens with zero attached hydrogens (tertiary/aromatic N) is 3. The first kappa shape index (κ1) is 31.7. The lowest BCUT2D eigenvalue weighted by Gasteiger charge is -2.23. The highest BCUT2D eigenvalue weighted by molar-refractivity contribution is 7.93. The molecule has 1 aromatic heterocycles. The second kappa shape index (κ2) is 12.4. The molecule has 2 N–H and O–H groups in total. The third-order valence-electron chi connectivity index (χ3n) is 8.41. The molecule has 0 saturated heterocycles. The molecule has 1 saturated carbocycles. The Morgan fingerprint density at radius 1 is 0.977 bits per heavy atom. The van der Waals surface area contributed by atoms with Crippen molar-refractivity contribution in [3.8, 4) is 11.1 Å². The predicted molar refractivity (Wildman–Crippen MR) is 170 cm³/mol. The zero-order valence-electron chi connectivity index (χ0n) is 25.5. The Balaban J connectivity index is 1.54. The molecule has 2 heterocycles. The van der Waals surface area contributed by atoms with Gasteiger partial charge in [0, 0.05) is 23.1 Å². The number of hydrogen-bond acceptors (Lipinski definition) is 8. The van der Waals surface area contributed by atoms with Crippen molar-refractivity contribution in [2.45, 2.75) is 89.6 Å². The number of aliphatic imine (C=N–C) groups is 1. The number of sulfonamides is 2. The van der Waals surface area contributed by atoms with Crippen LogP contribution in [0.15, 0.2) is 56.9 Å². The molecule has 236 valence electrons. The second-order valence-electron chi connectivity index (χ2n) is 11.5. The van der Waals surface area contributed by atoms with Crippen molar-refractivity contribution in [2.75, 3.05) is 15.2 Å². The monoisotopic (exact) mass is 641 g/mol. The van der Waals surface area contributed by atoms with Gasteiger partial charge in [0.1, 0.15) is 17.1 Å². The van der Waals surface area contributed by atoms with E-state index in [1.54, 1.807) is 55.1 Å². The van der Waals surface area contributed by atoms with Gasteiger partial charge in [0.2, 0.25) is 10.0 Å². The fraction of sp³-hybridized carbons (Fsp3) is 0.452. The van der Waals surface area contributed by atoms with Crippen molar-refractivity contribution < 1.29 is 26.2 Å². The summed E-state index contributed by atoms with van der Waals surface area (Å²) in [5.74, 6) is 1.17. The standard InChI is InChI=1S/C31H39N5O6S2/c1-5-7-14-28-32-31(17-10-11-18-31)30(37)36(28)20-23-15-16-24(26(19-23)34-43(38,39)6-2)25-12-8-9-13-27(25)44(40,41)35-29-21(3)22(4)42-33-29/h8-9,12-13,15-16,19,34H,5-7,10-11,14,17-18,20H2,1-4H3,(H,33,35). The van der Waals surface area contributed by atoms with Crippen LogP contribution in [0.25, 0.3) is 11.1 Å². The lowest BCUT2D eigenvalue weighted by atomic mass is 9.97. The average Bonchev–Trinajstić information content (AvgIpc) is 3.67.